The third kappa shape index (κ3) is 11.8. The van der Waals surface area contributed by atoms with Crippen molar-refractivity contribution in [2.24, 2.45) is 5.73 Å². The van der Waals surface area contributed by atoms with Crippen LogP contribution in [0.4, 0.5) is 14.5 Å². The van der Waals surface area contributed by atoms with E-state index in [-0.39, 0.29) is 57.4 Å². The number of allylic oxidation sites excluding steroid dienone is 3. The van der Waals surface area contributed by atoms with Gasteiger partial charge in [0.05, 0.1) is 23.9 Å². The van der Waals surface area contributed by atoms with Gasteiger partial charge in [-0.25, -0.2) is 8.78 Å². The first-order chi connectivity index (χ1) is 27.9. The molecule has 0 radical (unpaired) electrons. The number of nitrogens with zero attached hydrogens (tertiary/aromatic N) is 4. The Morgan fingerprint density at radius 3 is 2.42 bits per heavy atom. The molecule has 8 rings (SSSR count). The molecular formula is C49H64F2KN7. The second-order valence-corrected chi connectivity index (χ2v) is 17.4. The number of aryl methyl sites for hydroxylation is 1. The van der Waals surface area contributed by atoms with Gasteiger partial charge in [0, 0.05) is 49.0 Å². The second-order valence-electron chi connectivity index (χ2n) is 17.4. The Hall–Kier alpha value is -2.80. The van der Waals surface area contributed by atoms with E-state index in [1.54, 1.807) is 31.0 Å². The number of benzene rings is 2. The SMILES string of the molecule is C=C(N)N([N-]C1CCCC(NCc2ccccc2)C1)c1ccc(C(C)(C)F)cc1C.C=C1c2cc3c(n2CN1C1CCCC(NCC2=CCCC=C2)C1)C=CC(F)C3.[K+]. The molecule has 310 valence electrons. The normalized spacial score (nSPS) is 23.7. The van der Waals surface area contributed by atoms with Crippen LogP contribution < -0.4 is 72.8 Å². The monoisotopic (exact) mass is 827 g/mol. The van der Waals surface area contributed by atoms with Crippen LogP contribution in [0.3, 0.4) is 0 Å². The summed E-state index contributed by atoms with van der Waals surface area (Å²) in [7, 11) is 0. The Labute approximate surface area is 394 Å². The van der Waals surface area contributed by atoms with Crippen LogP contribution in [0.1, 0.15) is 112 Å². The van der Waals surface area contributed by atoms with Gasteiger partial charge in [-0.15, -0.1) is 6.04 Å². The summed E-state index contributed by atoms with van der Waals surface area (Å²) in [4.78, 5) is 2.48. The van der Waals surface area contributed by atoms with E-state index in [1.165, 1.54) is 61.0 Å². The van der Waals surface area contributed by atoms with Crippen LogP contribution in [0.25, 0.3) is 17.2 Å². The van der Waals surface area contributed by atoms with Gasteiger partial charge in [0.1, 0.15) is 11.8 Å². The fraction of sp³-hybridized carbons (Fsp3) is 0.469. The Balaban J connectivity index is 0.000000195. The summed E-state index contributed by atoms with van der Waals surface area (Å²) in [6.07, 6.45) is 21.8. The van der Waals surface area contributed by atoms with Crippen LogP contribution in [0.5, 0.6) is 0 Å². The molecule has 7 nitrogen and oxygen atoms in total. The van der Waals surface area contributed by atoms with Crippen LogP contribution in [-0.2, 0) is 25.3 Å². The number of rotatable bonds is 12. The summed E-state index contributed by atoms with van der Waals surface area (Å²) in [6.45, 7) is 16.1. The van der Waals surface area contributed by atoms with Gasteiger partial charge in [-0.05, 0) is 118 Å². The molecule has 0 amide bonds. The maximum Gasteiger partial charge on any atom is 1.00 e. The molecule has 0 spiro atoms. The average Bonchev–Trinajstić information content (AvgIpc) is 3.74. The molecule has 5 unspecified atom stereocenters. The third-order valence-electron chi connectivity index (χ3n) is 12.5. The Morgan fingerprint density at radius 1 is 0.966 bits per heavy atom. The molecule has 1 aromatic heterocycles. The summed E-state index contributed by atoms with van der Waals surface area (Å²) >= 11 is 0. The zero-order valence-electron chi connectivity index (χ0n) is 35.9. The van der Waals surface area contributed by atoms with E-state index < -0.39 is 11.8 Å². The minimum absolute atomic E-state index is 0. The predicted molar refractivity (Wildman–Crippen MR) is 237 cm³/mol. The first-order valence-electron chi connectivity index (χ1n) is 21.5. The number of hydrogen-bond acceptors (Lipinski definition) is 5. The maximum atomic E-state index is 14.3. The van der Waals surface area contributed by atoms with E-state index in [9.17, 15) is 8.78 Å². The Kier molecular flexibility index (Phi) is 16.2. The molecule has 59 heavy (non-hydrogen) atoms. The molecule has 2 saturated carbocycles. The van der Waals surface area contributed by atoms with E-state index in [1.807, 2.05) is 31.2 Å². The molecule has 4 N–H and O–H groups in total. The first kappa shape index (κ1) is 45.7. The van der Waals surface area contributed by atoms with Crippen LogP contribution in [0.15, 0.2) is 103 Å². The summed E-state index contributed by atoms with van der Waals surface area (Å²) in [5.41, 5.74) is 19.4. The van der Waals surface area contributed by atoms with Crippen molar-refractivity contribution >= 4 is 17.5 Å². The Bertz CT molecular complexity index is 2000. The maximum absolute atomic E-state index is 14.3. The second kappa shape index (κ2) is 20.8. The number of fused-ring (bicyclic) bond motifs is 3. The smallest absolute Gasteiger partial charge is 0.559 e. The van der Waals surface area contributed by atoms with Crippen molar-refractivity contribution in [2.75, 3.05) is 11.6 Å². The number of alkyl halides is 2. The molecule has 2 fully saturated rings. The average molecular weight is 828 g/mol. The van der Waals surface area contributed by atoms with Gasteiger partial charge in [0.25, 0.3) is 0 Å². The van der Waals surface area contributed by atoms with Gasteiger partial charge < -0.3 is 36.3 Å². The van der Waals surface area contributed by atoms with Gasteiger partial charge >= 0.3 is 51.4 Å². The Morgan fingerprint density at radius 2 is 1.71 bits per heavy atom. The van der Waals surface area contributed by atoms with Crippen molar-refractivity contribution < 1.29 is 60.2 Å². The number of halogens is 2. The number of aromatic nitrogens is 1. The zero-order chi connectivity index (χ0) is 40.8. The minimum Gasteiger partial charge on any atom is -0.559 e. The van der Waals surface area contributed by atoms with Crippen molar-refractivity contribution in [1.82, 2.24) is 20.1 Å². The third-order valence-corrected chi connectivity index (χ3v) is 12.5. The molecule has 1 aliphatic heterocycles. The van der Waals surface area contributed by atoms with E-state index in [0.29, 0.717) is 35.9 Å². The van der Waals surface area contributed by atoms with Crippen molar-refractivity contribution in [3.8, 4) is 0 Å². The van der Waals surface area contributed by atoms with Crippen molar-refractivity contribution in [3.63, 3.8) is 0 Å². The summed E-state index contributed by atoms with van der Waals surface area (Å²) < 4.78 is 30.3. The van der Waals surface area contributed by atoms with E-state index >= 15 is 0 Å². The number of nitrogens with two attached hydrogens (primary N) is 1. The minimum atomic E-state index is -1.38. The molecule has 10 heteroatoms. The van der Waals surface area contributed by atoms with Crippen LogP contribution in [0.2, 0.25) is 0 Å². The quantitative estimate of drug-likeness (QED) is 0.129. The molecule has 5 aliphatic rings. The summed E-state index contributed by atoms with van der Waals surface area (Å²) in [5, 5.41) is 9.20. The fourth-order valence-electron chi connectivity index (χ4n) is 9.29. The molecule has 5 atom stereocenters. The van der Waals surface area contributed by atoms with Gasteiger partial charge in [0.15, 0.2) is 0 Å². The molecule has 3 aromatic rings. The van der Waals surface area contributed by atoms with Crippen LogP contribution in [-0.4, -0.2) is 46.4 Å². The van der Waals surface area contributed by atoms with Crippen molar-refractivity contribution in [2.45, 2.75) is 141 Å². The van der Waals surface area contributed by atoms with Gasteiger partial charge in [-0.1, -0.05) is 93.1 Å². The van der Waals surface area contributed by atoms with Gasteiger partial charge in [-0.2, -0.15) is 0 Å². The van der Waals surface area contributed by atoms with E-state index in [2.05, 4.69) is 81.8 Å². The van der Waals surface area contributed by atoms with E-state index in [4.69, 9.17) is 11.2 Å². The van der Waals surface area contributed by atoms with Crippen LogP contribution >= 0.6 is 0 Å². The number of hydrogen-bond donors (Lipinski definition) is 3. The van der Waals surface area contributed by atoms with Gasteiger partial charge in [0.2, 0.25) is 0 Å². The molecule has 4 aliphatic carbocycles. The molecule has 0 saturated heterocycles. The molecule has 0 bridgehead atoms. The van der Waals surface area contributed by atoms with Crippen molar-refractivity contribution in [1.29, 1.82) is 0 Å². The topological polar surface area (TPSA) is 75.6 Å². The summed E-state index contributed by atoms with van der Waals surface area (Å²) in [6, 6.07) is 19.9. The van der Waals surface area contributed by atoms with E-state index in [0.717, 1.165) is 68.0 Å². The molecule has 2 heterocycles. The largest absolute Gasteiger partial charge is 1.00 e. The van der Waals surface area contributed by atoms with Crippen LogP contribution in [0, 0.1) is 6.92 Å². The van der Waals surface area contributed by atoms with Crippen molar-refractivity contribution in [3.05, 3.63) is 143 Å². The first-order valence-corrected chi connectivity index (χ1v) is 21.5. The molecular weight excluding hydrogens is 764 g/mol. The fourth-order valence-corrected chi connectivity index (χ4v) is 9.29. The predicted octanol–water partition coefficient (Wildman–Crippen LogP) is 7.65. The van der Waals surface area contributed by atoms with Gasteiger partial charge in [-0.3, -0.25) is 0 Å². The molecule has 2 aromatic carbocycles. The number of nitrogens with one attached hydrogen (secondary N) is 2. The zero-order valence-corrected chi connectivity index (χ0v) is 39.0. The summed E-state index contributed by atoms with van der Waals surface area (Å²) in [5.74, 6) is 0.379. The number of anilines is 1. The standard InChI is InChI=1S/C25H34FN4.C24H30FN3.K/c1-18-15-21(25(3,4)26)13-14-24(18)30(19(2)27)29-23-12-8-11-22(16-23)28-17-20-9-6-5-7-10-20;1-17-24-13-19-12-20(25)10-11-23(19)28(24)16-27(17)22-9-5-8-21(14-22)26-15-18-6-3-2-4-7-18;/h5-7,9-10,13-15,22-23,28H,2,8,11-12,16-17,27H2,1,3-4H3;3,6-7,10-11,13,20-22,26H,1-2,4-5,8-9,12,14-16H2;/q-1;;+1.